The predicted molar refractivity (Wildman–Crippen MR) is 115 cm³/mol. The molecule has 5 rings (SSSR count). The van der Waals surface area contributed by atoms with E-state index in [0.29, 0.717) is 22.3 Å². The molecule has 1 N–H and O–H groups in total. The molecule has 0 aliphatic carbocycles. The molecule has 0 atom stereocenters. The Labute approximate surface area is 166 Å². The molecule has 3 aromatic carbocycles. The second-order valence-corrected chi connectivity index (χ2v) is 6.98. The van der Waals surface area contributed by atoms with Crippen LogP contribution in [0.3, 0.4) is 0 Å². The van der Waals surface area contributed by atoms with E-state index in [0.717, 1.165) is 27.6 Å². The summed E-state index contributed by atoms with van der Waals surface area (Å²) in [6, 6.07) is 24.5. The fourth-order valence-electron chi connectivity index (χ4n) is 3.75. The molecular formula is C25H17NO3. The van der Waals surface area contributed by atoms with Crippen molar-refractivity contribution in [1.82, 2.24) is 0 Å². The zero-order valence-corrected chi connectivity index (χ0v) is 15.7. The number of benzene rings is 3. The van der Waals surface area contributed by atoms with Crippen LogP contribution in [0.5, 0.6) is 0 Å². The summed E-state index contributed by atoms with van der Waals surface area (Å²) >= 11 is 0. The SMILES string of the molecule is Cc1cc(=O)oc2c1ccc1oc(C(=N)c3ccccc3)c(-c3ccccc3)c12. The van der Waals surface area contributed by atoms with E-state index in [1.807, 2.05) is 79.7 Å². The van der Waals surface area contributed by atoms with E-state index < -0.39 is 5.63 Å². The van der Waals surface area contributed by atoms with Crippen LogP contribution in [0.25, 0.3) is 33.1 Å². The molecule has 0 bridgehead atoms. The van der Waals surface area contributed by atoms with E-state index in [1.54, 1.807) is 0 Å². The highest BCUT2D eigenvalue weighted by molar-refractivity contribution is 6.21. The highest BCUT2D eigenvalue weighted by atomic mass is 16.4. The van der Waals surface area contributed by atoms with Gasteiger partial charge in [-0.1, -0.05) is 60.7 Å². The van der Waals surface area contributed by atoms with Gasteiger partial charge >= 0.3 is 5.63 Å². The Balaban J connectivity index is 1.93. The average Bonchev–Trinajstić information content (AvgIpc) is 3.14. The van der Waals surface area contributed by atoms with E-state index in [9.17, 15) is 4.79 Å². The molecule has 5 aromatic rings. The fourth-order valence-corrected chi connectivity index (χ4v) is 3.75. The molecule has 29 heavy (non-hydrogen) atoms. The molecule has 0 aliphatic rings. The summed E-state index contributed by atoms with van der Waals surface area (Å²) in [6.07, 6.45) is 0. The molecule has 0 saturated heterocycles. The van der Waals surface area contributed by atoms with Crippen LogP contribution in [-0.2, 0) is 0 Å². The van der Waals surface area contributed by atoms with Crippen molar-refractivity contribution in [1.29, 1.82) is 5.41 Å². The first-order chi connectivity index (χ1) is 14.1. The highest BCUT2D eigenvalue weighted by Crippen LogP contribution is 2.40. The molecular weight excluding hydrogens is 362 g/mol. The molecule has 4 nitrogen and oxygen atoms in total. The van der Waals surface area contributed by atoms with Crippen LogP contribution >= 0.6 is 0 Å². The largest absolute Gasteiger partial charge is 0.454 e. The minimum Gasteiger partial charge on any atom is -0.454 e. The standard InChI is InChI=1S/C25H17NO3/c1-15-14-20(27)29-24-18(15)12-13-19-22(24)21(16-8-4-2-5-9-16)25(28-19)23(26)17-10-6-3-7-11-17/h2-14,26H,1H3. The number of hydrogen-bond donors (Lipinski definition) is 1. The molecule has 2 aromatic heterocycles. The Hall–Kier alpha value is -3.92. The first kappa shape index (κ1) is 17.2. The predicted octanol–water partition coefficient (Wildman–Crippen LogP) is 5.93. The molecule has 140 valence electrons. The molecule has 0 unspecified atom stereocenters. The summed E-state index contributed by atoms with van der Waals surface area (Å²) in [5, 5.41) is 10.4. The minimum atomic E-state index is -0.401. The van der Waals surface area contributed by atoms with Gasteiger partial charge in [0.25, 0.3) is 0 Å². The Bertz CT molecular complexity index is 1430. The summed E-state index contributed by atoms with van der Waals surface area (Å²) in [6.45, 7) is 1.89. The topological polar surface area (TPSA) is 67.2 Å². The van der Waals surface area contributed by atoms with Crippen molar-refractivity contribution in [3.8, 4) is 11.1 Å². The lowest BCUT2D eigenvalue weighted by Gasteiger charge is -2.06. The van der Waals surface area contributed by atoms with Crippen molar-refractivity contribution in [2.75, 3.05) is 0 Å². The van der Waals surface area contributed by atoms with Crippen molar-refractivity contribution in [2.45, 2.75) is 6.92 Å². The molecule has 0 spiro atoms. The number of furan rings is 1. The van der Waals surface area contributed by atoms with Crippen LogP contribution in [0.4, 0.5) is 0 Å². The molecule has 0 fully saturated rings. The number of fused-ring (bicyclic) bond motifs is 3. The second-order valence-electron chi connectivity index (χ2n) is 6.98. The first-order valence-electron chi connectivity index (χ1n) is 9.33. The maximum atomic E-state index is 12.1. The number of nitrogens with one attached hydrogen (secondary N) is 1. The van der Waals surface area contributed by atoms with Crippen LogP contribution in [0.2, 0.25) is 0 Å². The fraction of sp³-hybridized carbons (Fsp3) is 0.0400. The lowest BCUT2D eigenvalue weighted by atomic mass is 9.96. The Morgan fingerprint density at radius 2 is 1.55 bits per heavy atom. The van der Waals surface area contributed by atoms with Crippen molar-refractivity contribution in [3.63, 3.8) is 0 Å². The van der Waals surface area contributed by atoms with Gasteiger partial charge < -0.3 is 8.83 Å². The Morgan fingerprint density at radius 3 is 2.28 bits per heavy atom. The van der Waals surface area contributed by atoms with E-state index in [-0.39, 0.29) is 5.71 Å². The smallest absolute Gasteiger partial charge is 0.336 e. The average molecular weight is 379 g/mol. The van der Waals surface area contributed by atoms with Gasteiger partial charge in [0, 0.05) is 22.6 Å². The summed E-state index contributed by atoms with van der Waals surface area (Å²) in [7, 11) is 0. The Morgan fingerprint density at radius 1 is 0.862 bits per heavy atom. The van der Waals surface area contributed by atoms with Gasteiger partial charge in [-0.2, -0.15) is 0 Å². The molecule has 0 saturated carbocycles. The summed E-state index contributed by atoms with van der Waals surface area (Å²) in [5.41, 5.74) is 4.21. The van der Waals surface area contributed by atoms with Crippen LogP contribution in [0.15, 0.2) is 92.5 Å². The second kappa shape index (κ2) is 6.60. The number of hydrogen-bond acceptors (Lipinski definition) is 4. The van der Waals surface area contributed by atoms with Gasteiger partial charge in [-0.15, -0.1) is 0 Å². The summed E-state index contributed by atoms with van der Waals surface area (Å²) in [5.74, 6) is 0.453. The van der Waals surface area contributed by atoms with Crippen molar-refractivity contribution >= 4 is 27.7 Å². The van der Waals surface area contributed by atoms with E-state index in [2.05, 4.69) is 0 Å². The van der Waals surface area contributed by atoms with Gasteiger partial charge in [0.1, 0.15) is 16.9 Å². The molecule has 2 heterocycles. The molecule has 0 aliphatic heterocycles. The lowest BCUT2D eigenvalue weighted by Crippen LogP contribution is -2.01. The van der Waals surface area contributed by atoms with E-state index >= 15 is 0 Å². The third-order valence-corrected chi connectivity index (χ3v) is 5.12. The van der Waals surface area contributed by atoms with E-state index in [1.165, 1.54) is 6.07 Å². The van der Waals surface area contributed by atoms with E-state index in [4.69, 9.17) is 14.2 Å². The number of rotatable bonds is 3. The van der Waals surface area contributed by atoms with Gasteiger partial charge in [-0.25, -0.2) is 4.79 Å². The summed E-state index contributed by atoms with van der Waals surface area (Å²) in [4.78, 5) is 12.1. The monoisotopic (exact) mass is 379 g/mol. The van der Waals surface area contributed by atoms with Crippen LogP contribution in [0.1, 0.15) is 16.9 Å². The van der Waals surface area contributed by atoms with Crippen molar-refractivity contribution in [2.24, 2.45) is 0 Å². The first-order valence-corrected chi connectivity index (χ1v) is 9.33. The maximum absolute atomic E-state index is 12.1. The zero-order chi connectivity index (χ0) is 20.0. The van der Waals surface area contributed by atoms with Gasteiger partial charge in [0.05, 0.1) is 5.39 Å². The lowest BCUT2D eigenvalue weighted by molar-refractivity contribution is 0.562. The van der Waals surface area contributed by atoms with Crippen molar-refractivity contribution < 1.29 is 8.83 Å². The van der Waals surface area contributed by atoms with Gasteiger partial charge in [-0.3, -0.25) is 5.41 Å². The minimum absolute atomic E-state index is 0.281. The van der Waals surface area contributed by atoms with Gasteiger partial charge in [-0.05, 0) is 30.2 Å². The maximum Gasteiger partial charge on any atom is 0.336 e. The molecule has 0 radical (unpaired) electrons. The summed E-state index contributed by atoms with van der Waals surface area (Å²) < 4.78 is 11.8. The van der Waals surface area contributed by atoms with Gasteiger partial charge in [0.15, 0.2) is 5.76 Å². The number of aryl methyl sites for hydroxylation is 1. The third-order valence-electron chi connectivity index (χ3n) is 5.12. The quantitative estimate of drug-likeness (QED) is 0.312. The normalized spacial score (nSPS) is 11.2. The molecule has 4 heteroatoms. The highest BCUT2D eigenvalue weighted by Gasteiger charge is 2.23. The molecule has 0 amide bonds. The van der Waals surface area contributed by atoms with Crippen LogP contribution in [-0.4, -0.2) is 5.71 Å². The zero-order valence-electron chi connectivity index (χ0n) is 15.7. The third kappa shape index (κ3) is 2.77. The van der Waals surface area contributed by atoms with Crippen molar-refractivity contribution in [3.05, 3.63) is 106 Å². The van der Waals surface area contributed by atoms with Crippen LogP contribution < -0.4 is 5.63 Å². The Kier molecular flexibility index (Phi) is 3.91. The van der Waals surface area contributed by atoms with Gasteiger partial charge in [0.2, 0.25) is 0 Å². The van der Waals surface area contributed by atoms with Crippen LogP contribution in [0, 0.1) is 12.3 Å².